The maximum Gasteiger partial charge on any atom is 0.327 e. The van der Waals surface area contributed by atoms with Crippen molar-refractivity contribution in [3.05, 3.63) is 0 Å². The molecular weight excluding hydrogens is 468 g/mol. The molecule has 0 saturated carbocycles. The van der Waals surface area contributed by atoms with Crippen LogP contribution in [0.1, 0.15) is 136 Å². The third kappa shape index (κ3) is 16.9. The molecule has 210 valence electrons. The van der Waals surface area contributed by atoms with Crippen LogP contribution in [0.2, 0.25) is 0 Å². The molecule has 1 rings (SSSR count). The highest BCUT2D eigenvalue weighted by Gasteiger charge is 2.37. The number of unbranched alkanes of at least 4 members (excludes halogenated alkanes) is 12. The fourth-order valence-electron chi connectivity index (χ4n) is 3.65. The Labute approximate surface area is 216 Å². The summed E-state index contributed by atoms with van der Waals surface area (Å²) in [5.74, 6) is -1.54. The van der Waals surface area contributed by atoms with E-state index in [1.54, 1.807) is 0 Å². The lowest BCUT2D eigenvalue weighted by Gasteiger charge is -2.33. The quantitative estimate of drug-likeness (QED) is 0.0945. The Morgan fingerprint density at radius 1 is 0.444 bits per heavy atom. The Balaban J connectivity index is 2.54. The van der Waals surface area contributed by atoms with E-state index in [1.165, 1.54) is 0 Å². The number of carbonyl (C=O) groups excluding carboxylic acids is 3. The topological polar surface area (TPSA) is 107 Å². The van der Waals surface area contributed by atoms with Crippen LogP contribution in [-0.4, -0.2) is 37.3 Å². The number of ether oxygens (including phenoxy) is 6. The average molecular weight is 517 g/mol. The molecule has 1 aliphatic heterocycles. The molecular formula is C27H48O9. The van der Waals surface area contributed by atoms with Crippen LogP contribution in [0.25, 0.3) is 0 Å². The molecule has 0 unspecified atom stereocenters. The second-order valence-corrected chi connectivity index (χ2v) is 9.24. The van der Waals surface area contributed by atoms with E-state index < -0.39 is 37.3 Å². The fourth-order valence-corrected chi connectivity index (χ4v) is 3.65. The molecule has 1 aliphatic rings. The zero-order valence-electron chi connectivity index (χ0n) is 22.6. The largest absolute Gasteiger partial charge is 0.410 e. The van der Waals surface area contributed by atoms with Gasteiger partial charge in [0.2, 0.25) is 0 Å². The maximum atomic E-state index is 12.2. The molecule has 36 heavy (non-hydrogen) atoms. The molecule has 1 fully saturated rings. The highest BCUT2D eigenvalue weighted by Crippen LogP contribution is 2.21. The molecule has 9 heteroatoms. The monoisotopic (exact) mass is 516 g/mol. The second-order valence-electron chi connectivity index (χ2n) is 9.24. The van der Waals surface area contributed by atoms with Crippen LogP contribution in [-0.2, 0) is 42.8 Å². The van der Waals surface area contributed by atoms with Crippen molar-refractivity contribution in [3.8, 4) is 0 Å². The van der Waals surface area contributed by atoms with Gasteiger partial charge in [-0.1, -0.05) is 97.8 Å². The summed E-state index contributed by atoms with van der Waals surface area (Å²) in [5, 5.41) is 0. The van der Waals surface area contributed by atoms with E-state index >= 15 is 0 Å². The predicted molar refractivity (Wildman–Crippen MR) is 133 cm³/mol. The summed E-state index contributed by atoms with van der Waals surface area (Å²) in [6.07, 6.45) is 15.4. The summed E-state index contributed by atoms with van der Waals surface area (Å²) in [4.78, 5) is 36.7. The van der Waals surface area contributed by atoms with Crippen molar-refractivity contribution in [3.63, 3.8) is 0 Å². The molecule has 0 N–H and O–H groups in total. The highest BCUT2D eigenvalue weighted by atomic mass is 17.1. The third-order valence-corrected chi connectivity index (χ3v) is 5.80. The van der Waals surface area contributed by atoms with Crippen LogP contribution in [0.5, 0.6) is 0 Å². The standard InChI is InChI=1S/C27H48O9/c1-4-7-10-13-16-19-22(28)31-25-34-26(32-23(29)20-17-14-11-8-5-2)36-27(35-25)33-24(30)21-18-15-12-9-6-3/h25-27H,4-21H2,1-3H3. The van der Waals surface area contributed by atoms with Crippen molar-refractivity contribution in [2.45, 2.75) is 156 Å². The molecule has 1 heterocycles. The van der Waals surface area contributed by atoms with Gasteiger partial charge in [-0.15, -0.1) is 0 Å². The van der Waals surface area contributed by atoms with Gasteiger partial charge in [-0.3, -0.25) is 28.6 Å². The Hall–Kier alpha value is -1.71. The molecule has 0 atom stereocenters. The van der Waals surface area contributed by atoms with Gasteiger partial charge >= 0.3 is 37.3 Å². The Bertz CT molecular complexity index is 509. The van der Waals surface area contributed by atoms with E-state index in [1.807, 2.05) is 0 Å². The van der Waals surface area contributed by atoms with Gasteiger partial charge in [0.15, 0.2) is 0 Å². The van der Waals surface area contributed by atoms with E-state index in [0.717, 1.165) is 77.0 Å². The van der Waals surface area contributed by atoms with Gasteiger partial charge < -0.3 is 14.2 Å². The van der Waals surface area contributed by atoms with Crippen LogP contribution in [0, 0.1) is 0 Å². The van der Waals surface area contributed by atoms with E-state index in [9.17, 15) is 14.4 Å². The average Bonchev–Trinajstić information content (AvgIpc) is 2.83. The molecule has 9 nitrogen and oxygen atoms in total. The molecule has 1 saturated heterocycles. The van der Waals surface area contributed by atoms with Gasteiger partial charge in [-0.05, 0) is 19.3 Å². The minimum Gasteiger partial charge on any atom is -0.410 e. The summed E-state index contributed by atoms with van der Waals surface area (Å²) in [6, 6.07) is 0. The van der Waals surface area contributed by atoms with Gasteiger partial charge in [0, 0.05) is 19.3 Å². The first kappa shape index (κ1) is 32.3. The summed E-state index contributed by atoms with van der Waals surface area (Å²) >= 11 is 0. The lowest BCUT2D eigenvalue weighted by atomic mass is 10.1. The van der Waals surface area contributed by atoms with Crippen LogP contribution < -0.4 is 0 Å². The van der Waals surface area contributed by atoms with Gasteiger partial charge in [-0.25, -0.2) is 0 Å². The molecule has 0 bridgehead atoms. The first-order valence-corrected chi connectivity index (χ1v) is 14.0. The summed E-state index contributed by atoms with van der Waals surface area (Å²) in [5.41, 5.74) is 0. The SMILES string of the molecule is CCCCCCCC(=O)OC1OC(OC(=O)CCCCCCC)OC(OC(=O)CCCCCCC)O1. The lowest BCUT2D eigenvalue weighted by Crippen LogP contribution is -2.46. The number of hydrogen-bond acceptors (Lipinski definition) is 9. The number of carbonyl (C=O) groups is 3. The highest BCUT2D eigenvalue weighted by molar-refractivity contribution is 5.70. The van der Waals surface area contributed by atoms with E-state index in [0.29, 0.717) is 19.3 Å². The Kier molecular flexibility index (Phi) is 19.2. The molecule has 0 aromatic heterocycles. The van der Waals surface area contributed by atoms with E-state index in [2.05, 4.69) is 20.8 Å². The van der Waals surface area contributed by atoms with Crippen LogP contribution >= 0.6 is 0 Å². The summed E-state index contributed by atoms with van der Waals surface area (Å²) in [7, 11) is 0. The minimum atomic E-state index is -1.51. The van der Waals surface area contributed by atoms with Gasteiger partial charge in [0.05, 0.1) is 0 Å². The zero-order valence-corrected chi connectivity index (χ0v) is 22.6. The number of rotatable bonds is 21. The zero-order chi connectivity index (χ0) is 26.4. The second kappa shape index (κ2) is 21.4. The van der Waals surface area contributed by atoms with Crippen molar-refractivity contribution in [2.24, 2.45) is 0 Å². The molecule has 0 radical (unpaired) electrons. The maximum absolute atomic E-state index is 12.2. The van der Waals surface area contributed by atoms with Gasteiger partial charge in [0.1, 0.15) is 0 Å². The first-order valence-electron chi connectivity index (χ1n) is 14.0. The fraction of sp³-hybridized carbons (Fsp3) is 0.889. The predicted octanol–water partition coefficient (Wildman–Crippen LogP) is 6.61. The van der Waals surface area contributed by atoms with Gasteiger partial charge in [-0.2, -0.15) is 0 Å². The van der Waals surface area contributed by atoms with E-state index in [4.69, 9.17) is 28.4 Å². The van der Waals surface area contributed by atoms with Crippen molar-refractivity contribution in [1.29, 1.82) is 0 Å². The third-order valence-electron chi connectivity index (χ3n) is 5.80. The smallest absolute Gasteiger partial charge is 0.327 e. The minimum absolute atomic E-state index is 0.207. The lowest BCUT2D eigenvalue weighted by molar-refractivity contribution is -0.509. The summed E-state index contributed by atoms with van der Waals surface area (Å²) in [6.45, 7) is 1.85. The summed E-state index contributed by atoms with van der Waals surface area (Å²) < 4.78 is 31.7. The van der Waals surface area contributed by atoms with E-state index in [-0.39, 0.29) is 19.3 Å². The van der Waals surface area contributed by atoms with Crippen molar-refractivity contribution in [1.82, 2.24) is 0 Å². The van der Waals surface area contributed by atoms with Crippen molar-refractivity contribution in [2.75, 3.05) is 0 Å². The molecule has 0 aromatic rings. The van der Waals surface area contributed by atoms with Crippen molar-refractivity contribution < 1.29 is 42.8 Å². The van der Waals surface area contributed by atoms with Crippen LogP contribution in [0.15, 0.2) is 0 Å². The van der Waals surface area contributed by atoms with Crippen molar-refractivity contribution >= 4 is 17.9 Å². The number of hydrogen-bond donors (Lipinski definition) is 0. The Morgan fingerprint density at radius 2 is 0.694 bits per heavy atom. The molecule has 0 aromatic carbocycles. The van der Waals surface area contributed by atoms with Gasteiger partial charge in [0.25, 0.3) is 0 Å². The van der Waals surface area contributed by atoms with Crippen LogP contribution in [0.3, 0.4) is 0 Å². The number of esters is 3. The molecule has 0 spiro atoms. The van der Waals surface area contributed by atoms with Crippen LogP contribution in [0.4, 0.5) is 0 Å². The molecule has 0 amide bonds. The molecule has 0 aliphatic carbocycles. The normalized spacial score (nSPS) is 19.6. The first-order chi connectivity index (χ1) is 17.5. The Morgan fingerprint density at radius 3 is 0.944 bits per heavy atom.